The fourth-order valence-corrected chi connectivity index (χ4v) is 3.88. The van der Waals surface area contributed by atoms with Crippen molar-refractivity contribution in [3.63, 3.8) is 0 Å². The molecule has 0 aromatic carbocycles. The molecule has 6 heteroatoms. The highest BCUT2D eigenvalue weighted by Crippen LogP contribution is 2.14. The fraction of sp³-hybridized carbons (Fsp3) is 0.917. The van der Waals surface area contributed by atoms with Gasteiger partial charge in [-0.25, -0.2) is 0 Å². The Morgan fingerprint density at radius 2 is 2.06 bits per heavy atom. The van der Waals surface area contributed by atoms with Gasteiger partial charge in [-0.05, 0) is 25.7 Å². The molecular weight excluding hydrogens is 252 g/mol. The van der Waals surface area contributed by atoms with Gasteiger partial charge in [-0.3, -0.25) is 9.00 Å². The first-order valence-corrected chi connectivity index (χ1v) is 8.05. The van der Waals surface area contributed by atoms with Crippen molar-refractivity contribution >= 4 is 16.7 Å². The zero-order chi connectivity index (χ0) is 13.0. The monoisotopic (exact) mass is 274 g/mol. The van der Waals surface area contributed by atoms with Crippen LogP contribution >= 0.6 is 0 Å². The third-order valence-electron chi connectivity index (χ3n) is 3.67. The lowest BCUT2D eigenvalue weighted by Crippen LogP contribution is -2.48. The van der Waals surface area contributed by atoms with Crippen molar-refractivity contribution in [1.82, 2.24) is 4.90 Å². The van der Waals surface area contributed by atoms with Gasteiger partial charge in [0.1, 0.15) is 5.75 Å². The second kappa shape index (κ2) is 6.63. The van der Waals surface area contributed by atoms with Crippen molar-refractivity contribution in [2.24, 2.45) is 5.73 Å². The standard InChI is InChI=1S/C12H22N2O3S/c13-10-4-7-17-8-11(10)18(16)9-12(15)14-5-2-1-3-6-14/h10-11H,1-9,13H2. The van der Waals surface area contributed by atoms with E-state index in [1.165, 1.54) is 6.42 Å². The molecule has 3 unspecified atom stereocenters. The van der Waals surface area contributed by atoms with Gasteiger partial charge in [0, 0.05) is 36.5 Å². The Labute approximate surface area is 110 Å². The van der Waals surface area contributed by atoms with E-state index in [0.717, 1.165) is 32.4 Å². The summed E-state index contributed by atoms with van der Waals surface area (Å²) in [7, 11) is -1.21. The summed E-state index contributed by atoms with van der Waals surface area (Å²) in [5.74, 6) is 0.104. The molecule has 2 aliphatic heterocycles. The molecule has 0 saturated carbocycles. The number of hydrogen-bond acceptors (Lipinski definition) is 4. The van der Waals surface area contributed by atoms with Crippen LogP contribution in [0.1, 0.15) is 25.7 Å². The summed E-state index contributed by atoms with van der Waals surface area (Å²) in [6.07, 6.45) is 4.04. The molecule has 2 fully saturated rings. The molecule has 2 saturated heterocycles. The minimum Gasteiger partial charge on any atom is -0.380 e. The molecule has 3 atom stereocenters. The number of piperidine rings is 1. The molecule has 1 amide bonds. The normalized spacial score (nSPS) is 31.1. The SMILES string of the molecule is NC1CCOCC1S(=O)CC(=O)N1CCCCC1. The van der Waals surface area contributed by atoms with Crippen LogP contribution in [0.5, 0.6) is 0 Å². The van der Waals surface area contributed by atoms with Gasteiger partial charge in [0.05, 0.1) is 11.9 Å². The van der Waals surface area contributed by atoms with Crippen LogP contribution in [0, 0.1) is 0 Å². The largest absolute Gasteiger partial charge is 0.380 e. The maximum absolute atomic E-state index is 12.2. The van der Waals surface area contributed by atoms with Crippen molar-refractivity contribution in [3.05, 3.63) is 0 Å². The molecule has 104 valence electrons. The van der Waals surface area contributed by atoms with Crippen molar-refractivity contribution in [2.75, 3.05) is 32.1 Å². The fourth-order valence-electron chi connectivity index (χ4n) is 2.46. The van der Waals surface area contributed by atoms with Gasteiger partial charge in [0.25, 0.3) is 0 Å². The average molecular weight is 274 g/mol. The molecule has 0 aromatic rings. The number of carbonyl (C=O) groups excluding carboxylic acids is 1. The maximum atomic E-state index is 12.2. The van der Waals surface area contributed by atoms with E-state index in [9.17, 15) is 9.00 Å². The van der Waals surface area contributed by atoms with Gasteiger partial charge in [-0.15, -0.1) is 0 Å². The summed E-state index contributed by atoms with van der Waals surface area (Å²) in [6.45, 7) is 2.67. The quantitative estimate of drug-likeness (QED) is 0.778. The minimum absolute atomic E-state index is 0.00538. The Morgan fingerprint density at radius 1 is 1.33 bits per heavy atom. The maximum Gasteiger partial charge on any atom is 0.235 e. The summed E-state index contributed by atoms with van der Waals surface area (Å²) >= 11 is 0. The molecule has 0 bridgehead atoms. The highest BCUT2D eigenvalue weighted by molar-refractivity contribution is 7.86. The molecular formula is C12H22N2O3S. The van der Waals surface area contributed by atoms with Gasteiger partial charge in [0.15, 0.2) is 0 Å². The number of nitrogens with two attached hydrogens (primary N) is 1. The van der Waals surface area contributed by atoms with E-state index >= 15 is 0 Å². The molecule has 0 spiro atoms. The highest BCUT2D eigenvalue weighted by atomic mass is 32.2. The Balaban J connectivity index is 1.84. The number of ether oxygens (including phenoxy) is 1. The van der Waals surface area contributed by atoms with Gasteiger partial charge in [-0.1, -0.05) is 0 Å². The van der Waals surface area contributed by atoms with E-state index in [2.05, 4.69) is 0 Å². The molecule has 2 N–H and O–H groups in total. The van der Waals surface area contributed by atoms with Gasteiger partial charge < -0.3 is 15.4 Å². The summed E-state index contributed by atoms with van der Waals surface area (Å²) in [6, 6.07) is -0.103. The van der Waals surface area contributed by atoms with E-state index in [-0.39, 0.29) is 23.0 Å². The second-order valence-corrected chi connectivity index (χ2v) is 6.69. The van der Waals surface area contributed by atoms with E-state index in [1.807, 2.05) is 4.90 Å². The van der Waals surface area contributed by atoms with Crippen molar-refractivity contribution in [3.8, 4) is 0 Å². The number of likely N-dealkylation sites (tertiary alicyclic amines) is 1. The number of hydrogen-bond donors (Lipinski definition) is 1. The third-order valence-corrected chi connectivity index (χ3v) is 5.36. The predicted molar refractivity (Wildman–Crippen MR) is 70.6 cm³/mol. The molecule has 2 rings (SSSR count). The minimum atomic E-state index is -1.21. The van der Waals surface area contributed by atoms with Gasteiger partial charge in [-0.2, -0.15) is 0 Å². The Hall–Kier alpha value is -0.460. The van der Waals surface area contributed by atoms with E-state index in [0.29, 0.717) is 13.2 Å². The Kier molecular flexibility index (Phi) is 5.14. The van der Waals surface area contributed by atoms with Crippen molar-refractivity contribution < 1.29 is 13.7 Å². The number of rotatable bonds is 3. The smallest absolute Gasteiger partial charge is 0.235 e. The summed E-state index contributed by atoms with van der Waals surface area (Å²) in [4.78, 5) is 13.8. The van der Waals surface area contributed by atoms with Crippen LogP contribution in [0.4, 0.5) is 0 Å². The number of nitrogens with zero attached hydrogens (tertiary/aromatic N) is 1. The number of amides is 1. The molecule has 2 heterocycles. The predicted octanol–water partition coefficient (Wildman–Crippen LogP) is -0.136. The molecule has 2 aliphatic rings. The van der Waals surface area contributed by atoms with Crippen LogP contribution < -0.4 is 5.73 Å². The molecule has 0 aromatic heterocycles. The lowest BCUT2D eigenvalue weighted by Gasteiger charge is -2.30. The zero-order valence-corrected chi connectivity index (χ0v) is 11.5. The topological polar surface area (TPSA) is 72.6 Å². The van der Waals surface area contributed by atoms with Crippen LogP contribution in [-0.2, 0) is 20.3 Å². The van der Waals surface area contributed by atoms with Gasteiger partial charge >= 0.3 is 0 Å². The van der Waals surface area contributed by atoms with E-state index in [4.69, 9.17) is 10.5 Å². The first kappa shape index (κ1) is 14.0. The molecule has 5 nitrogen and oxygen atoms in total. The summed E-state index contributed by atoms with van der Waals surface area (Å²) in [5, 5.41) is -0.188. The lowest BCUT2D eigenvalue weighted by atomic mass is 10.1. The van der Waals surface area contributed by atoms with Crippen molar-refractivity contribution in [2.45, 2.75) is 37.0 Å². The van der Waals surface area contributed by atoms with Crippen LogP contribution in [0.15, 0.2) is 0 Å². The Morgan fingerprint density at radius 3 is 2.72 bits per heavy atom. The number of carbonyl (C=O) groups is 1. The first-order valence-electron chi connectivity index (χ1n) is 6.67. The van der Waals surface area contributed by atoms with Crippen LogP contribution in [0.3, 0.4) is 0 Å². The van der Waals surface area contributed by atoms with Crippen LogP contribution in [-0.4, -0.2) is 58.4 Å². The average Bonchev–Trinajstić information content (AvgIpc) is 2.40. The highest BCUT2D eigenvalue weighted by Gasteiger charge is 2.30. The zero-order valence-electron chi connectivity index (χ0n) is 10.7. The lowest BCUT2D eigenvalue weighted by molar-refractivity contribution is -0.129. The van der Waals surface area contributed by atoms with Crippen LogP contribution in [0.25, 0.3) is 0 Å². The van der Waals surface area contributed by atoms with Crippen LogP contribution in [0.2, 0.25) is 0 Å². The Bertz CT molecular complexity index is 318. The summed E-state index contributed by atoms with van der Waals surface area (Å²) < 4.78 is 17.5. The van der Waals surface area contributed by atoms with E-state index in [1.54, 1.807) is 0 Å². The second-order valence-electron chi connectivity index (χ2n) is 5.03. The first-order chi connectivity index (χ1) is 8.68. The summed E-state index contributed by atoms with van der Waals surface area (Å²) in [5.41, 5.74) is 5.94. The molecule has 0 radical (unpaired) electrons. The molecule has 18 heavy (non-hydrogen) atoms. The van der Waals surface area contributed by atoms with E-state index < -0.39 is 10.8 Å². The van der Waals surface area contributed by atoms with Crippen molar-refractivity contribution in [1.29, 1.82) is 0 Å². The third kappa shape index (κ3) is 3.52. The van der Waals surface area contributed by atoms with Gasteiger partial charge in [0.2, 0.25) is 5.91 Å². The molecule has 0 aliphatic carbocycles.